The smallest absolute Gasteiger partial charge is 0.223 e. The van der Waals surface area contributed by atoms with E-state index >= 15 is 0 Å². The van der Waals surface area contributed by atoms with E-state index < -0.39 is 0 Å². The minimum atomic E-state index is 0.324. The van der Waals surface area contributed by atoms with Crippen LogP contribution >= 0.6 is 0 Å². The average Bonchev–Trinajstić information content (AvgIpc) is 3.14. The van der Waals surface area contributed by atoms with E-state index in [0.717, 1.165) is 32.0 Å². The highest BCUT2D eigenvalue weighted by Gasteiger charge is 2.58. The van der Waals surface area contributed by atoms with E-state index in [2.05, 4.69) is 15.5 Å². The number of piperidine rings is 4. The lowest BCUT2D eigenvalue weighted by molar-refractivity contribution is -0.125. The second-order valence-electron chi connectivity index (χ2n) is 7.12. The monoisotopic (exact) mass is 263 g/mol. The van der Waals surface area contributed by atoms with Crippen LogP contribution in [0, 0.1) is 17.3 Å². The topological polar surface area (TPSA) is 44.4 Å². The van der Waals surface area contributed by atoms with Crippen molar-refractivity contribution in [3.05, 3.63) is 0 Å². The Morgan fingerprint density at radius 1 is 1.21 bits per heavy atom. The Morgan fingerprint density at radius 3 is 2.58 bits per heavy atom. The molecule has 106 valence electrons. The van der Waals surface area contributed by atoms with Gasteiger partial charge in [-0.2, -0.15) is 0 Å². The summed E-state index contributed by atoms with van der Waals surface area (Å²) < 4.78 is 0. The van der Waals surface area contributed by atoms with E-state index in [4.69, 9.17) is 0 Å². The first-order valence-corrected chi connectivity index (χ1v) is 8.00. The lowest BCUT2D eigenvalue weighted by Crippen LogP contribution is -2.57. The molecule has 4 heteroatoms. The van der Waals surface area contributed by atoms with Crippen molar-refractivity contribution in [1.82, 2.24) is 15.5 Å². The second kappa shape index (κ2) is 4.45. The van der Waals surface area contributed by atoms with Crippen LogP contribution in [0.2, 0.25) is 0 Å². The molecule has 2 atom stereocenters. The van der Waals surface area contributed by atoms with Crippen LogP contribution in [0.15, 0.2) is 0 Å². The van der Waals surface area contributed by atoms with Gasteiger partial charge in [0.1, 0.15) is 0 Å². The summed E-state index contributed by atoms with van der Waals surface area (Å²) in [5.74, 6) is 1.43. The van der Waals surface area contributed by atoms with Crippen molar-refractivity contribution in [1.29, 1.82) is 0 Å². The Kier molecular flexibility index (Phi) is 2.85. The first kappa shape index (κ1) is 12.2. The predicted molar refractivity (Wildman–Crippen MR) is 73.7 cm³/mol. The highest BCUT2D eigenvalue weighted by Crippen LogP contribution is 2.58. The first-order valence-electron chi connectivity index (χ1n) is 8.00. The summed E-state index contributed by atoms with van der Waals surface area (Å²) in [4.78, 5) is 15.0. The van der Waals surface area contributed by atoms with E-state index in [1.54, 1.807) is 0 Å². The molecule has 4 saturated heterocycles. The van der Waals surface area contributed by atoms with Crippen LogP contribution in [0.1, 0.15) is 32.1 Å². The molecular weight excluding hydrogens is 238 g/mol. The molecule has 4 nitrogen and oxygen atoms in total. The minimum Gasteiger partial charge on any atom is -0.352 e. The summed E-state index contributed by atoms with van der Waals surface area (Å²) >= 11 is 0. The van der Waals surface area contributed by atoms with E-state index in [0.29, 0.717) is 23.3 Å². The van der Waals surface area contributed by atoms with Gasteiger partial charge in [0.15, 0.2) is 0 Å². The Hall–Kier alpha value is -0.610. The normalized spacial score (nSPS) is 43.2. The molecule has 2 unspecified atom stereocenters. The van der Waals surface area contributed by atoms with E-state index in [1.807, 2.05) is 0 Å². The second-order valence-corrected chi connectivity index (χ2v) is 7.12. The molecule has 4 heterocycles. The molecule has 2 N–H and O–H groups in total. The molecule has 1 aliphatic carbocycles. The average molecular weight is 263 g/mol. The van der Waals surface area contributed by atoms with Crippen LogP contribution in [-0.4, -0.2) is 49.6 Å². The van der Waals surface area contributed by atoms with E-state index in [1.165, 1.54) is 38.8 Å². The van der Waals surface area contributed by atoms with Crippen molar-refractivity contribution < 1.29 is 4.79 Å². The van der Waals surface area contributed by atoms with Crippen molar-refractivity contribution in [2.45, 2.75) is 38.1 Å². The summed E-state index contributed by atoms with van der Waals surface area (Å²) in [7, 11) is 0. The first-order chi connectivity index (χ1) is 9.27. The molecule has 0 radical (unpaired) electrons. The maximum absolute atomic E-state index is 12.5. The maximum atomic E-state index is 12.5. The molecule has 0 aromatic carbocycles. The van der Waals surface area contributed by atoms with Crippen molar-refractivity contribution in [3.8, 4) is 0 Å². The van der Waals surface area contributed by atoms with Gasteiger partial charge in [-0.25, -0.2) is 0 Å². The van der Waals surface area contributed by atoms with Gasteiger partial charge < -0.3 is 15.5 Å². The van der Waals surface area contributed by atoms with Crippen LogP contribution in [0.4, 0.5) is 0 Å². The Morgan fingerprint density at radius 2 is 1.95 bits per heavy atom. The number of fused-ring (bicyclic) bond motifs is 3. The molecule has 0 aromatic heterocycles. The summed E-state index contributed by atoms with van der Waals surface area (Å²) in [5, 5.41) is 6.79. The molecule has 2 bridgehead atoms. The number of nitrogens with one attached hydrogen (secondary N) is 2. The molecule has 5 fully saturated rings. The zero-order chi connectivity index (χ0) is 12.9. The van der Waals surface area contributed by atoms with Gasteiger partial charge in [-0.05, 0) is 69.6 Å². The third-order valence-corrected chi connectivity index (χ3v) is 6.09. The van der Waals surface area contributed by atoms with E-state index in [9.17, 15) is 4.79 Å². The zero-order valence-corrected chi connectivity index (χ0v) is 11.7. The van der Waals surface area contributed by atoms with Crippen molar-refractivity contribution in [2.75, 3.05) is 32.7 Å². The van der Waals surface area contributed by atoms with Crippen LogP contribution in [0.3, 0.4) is 0 Å². The number of nitrogens with zero attached hydrogens (tertiary/aromatic N) is 1. The molecule has 19 heavy (non-hydrogen) atoms. The number of amides is 1. The van der Waals surface area contributed by atoms with Crippen LogP contribution in [0.25, 0.3) is 0 Å². The quantitative estimate of drug-likeness (QED) is 0.766. The van der Waals surface area contributed by atoms with Crippen LogP contribution in [-0.2, 0) is 4.79 Å². The third kappa shape index (κ3) is 2.09. The van der Waals surface area contributed by atoms with Gasteiger partial charge in [0, 0.05) is 18.5 Å². The minimum absolute atomic E-state index is 0.324. The maximum Gasteiger partial charge on any atom is 0.223 e. The van der Waals surface area contributed by atoms with Gasteiger partial charge in [-0.3, -0.25) is 4.79 Å². The Bertz CT molecular complexity index is 370. The van der Waals surface area contributed by atoms with Gasteiger partial charge in [-0.1, -0.05) is 0 Å². The third-order valence-electron chi connectivity index (χ3n) is 6.09. The lowest BCUT2D eigenvalue weighted by Gasteiger charge is -2.45. The molecule has 5 aliphatic rings. The molecule has 1 saturated carbocycles. The lowest BCUT2D eigenvalue weighted by atomic mass is 9.84. The highest BCUT2D eigenvalue weighted by atomic mass is 16.2. The number of hydrogen-bond acceptors (Lipinski definition) is 3. The van der Waals surface area contributed by atoms with Gasteiger partial charge in [0.25, 0.3) is 0 Å². The fourth-order valence-electron chi connectivity index (χ4n) is 4.61. The molecule has 1 amide bonds. The Labute approximate surface area is 115 Å². The molecule has 4 aliphatic heterocycles. The number of hydrogen-bond donors (Lipinski definition) is 2. The van der Waals surface area contributed by atoms with Crippen molar-refractivity contribution in [3.63, 3.8) is 0 Å². The molecular formula is C15H25N3O. The number of carbonyl (C=O) groups excluding carboxylic acids is 1. The van der Waals surface area contributed by atoms with Crippen molar-refractivity contribution >= 4 is 5.91 Å². The number of carbonyl (C=O) groups is 1. The van der Waals surface area contributed by atoms with Gasteiger partial charge >= 0.3 is 0 Å². The van der Waals surface area contributed by atoms with Crippen molar-refractivity contribution in [2.24, 2.45) is 17.3 Å². The molecule has 1 spiro atoms. The molecule has 0 aromatic rings. The molecule has 5 rings (SSSR count). The summed E-state index contributed by atoms with van der Waals surface area (Å²) in [6.07, 6.45) is 6.10. The summed E-state index contributed by atoms with van der Waals surface area (Å²) in [6.45, 7) is 5.79. The largest absolute Gasteiger partial charge is 0.352 e. The fraction of sp³-hybridized carbons (Fsp3) is 0.933. The number of rotatable bonds is 2. The van der Waals surface area contributed by atoms with Crippen LogP contribution < -0.4 is 10.6 Å². The Balaban J connectivity index is 1.35. The standard InChI is InChI=1S/C15H25N3O/c19-14(12-9-15(12)3-5-16-6-4-15)17-13-10-18-7-1-11(13)2-8-18/h11-13,16H,1-10H2,(H,17,19). The zero-order valence-electron chi connectivity index (χ0n) is 11.7. The highest BCUT2D eigenvalue weighted by molar-refractivity contribution is 5.83. The van der Waals surface area contributed by atoms with Gasteiger partial charge in [-0.15, -0.1) is 0 Å². The van der Waals surface area contributed by atoms with Gasteiger partial charge in [0.2, 0.25) is 5.91 Å². The van der Waals surface area contributed by atoms with Crippen LogP contribution in [0.5, 0.6) is 0 Å². The van der Waals surface area contributed by atoms with Gasteiger partial charge in [0.05, 0.1) is 0 Å². The summed E-state index contributed by atoms with van der Waals surface area (Å²) in [6, 6.07) is 0.439. The fourth-order valence-corrected chi connectivity index (χ4v) is 4.61. The SMILES string of the molecule is O=C(NC1CN2CCC1CC2)C1CC12CCNCC2. The predicted octanol–water partition coefficient (Wildman–Crippen LogP) is 0.587. The summed E-state index contributed by atoms with van der Waals surface area (Å²) in [5.41, 5.74) is 0.378. The van der Waals surface area contributed by atoms with E-state index in [-0.39, 0.29) is 0 Å².